The predicted molar refractivity (Wildman–Crippen MR) is 72.0 cm³/mol. The number of nitrogens with one attached hydrogen (secondary N) is 1. The Labute approximate surface area is 109 Å². The lowest BCUT2D eigenvalue weighted by Gasteiger charge is -2.10. The summed E-state index contributed by atoms with van der Waals surface area (Å²) in [6.45, 7) is 2.88. The monoisotopic (exact) mass is 295 g/mol. The van der Waals surface area contributed by atoms with Crippen LogP contribution in [0, 0.1) is 0 Å². The molecule has 5 heteroatoms. The van der Waals surface area contributed by atoms with E-state index < -0.39 is 0 Å². The molecule has 0 radical (unpaired) electrons. The summed E-state index contributed by atoms with van der Waals surface area (Å²) in [5.41, 5.74) is 1.00. The summed E-state index contributed by atoms with van der Waals surface area (Å²) in [6, 6.07) is 5.91. The topological polar surface area (TPSA) is 39.1 Å². The third-order valence-electron chi connectivity index (χ3n) is 2.35. The smallest absolute Gasteiger partial charge is 0.207 e. The molecular formula is C12H14BrN3O. The van der Waals surface area contributed by atoms with Crippen LogP contribution in [0.1, 0.15) is 6.92 Å². The summed E-state index contributed by atoms with van der Waals surface area (Å²) in [6.07, 6.45) is 3.69. The highest BCUT2D eigenvalue weighted by Gasteiger charge is 2.06. The number of ether oxygens (including phenoxy) is 1. The van der Waals surface area contributed by atoms with E-state index in [0.717, 1.165) is 28.4 Å². The zero-order valence-corrected chi connectivity index (χ0v) is 11.4. The quantitative estimate of drug-likeness (QED) is 0.942. The molecule has 17 heavy (non-hydrogen) atoms. The van der Waals surface area contributed by atoms with Gasteiger partial charge < -0.3 is 10.1 Å². The molecule has 0 aliphatic carbocycles. The summed E-state index contributed by atoms with van der Waals surface area (Å²) < 4.78 is 8.21. The zero-order valence-electron chi connectivity index (χ0n) is 9.77. The number of nitrogens with zero attached hydrogens (tertiary/aromatic N) is 2. The first-order valence-electron chi connectivity index (χ1n) is 5.36. The highest BCUT2D eigenvalue weighted by atomic mass is 79.9. The number of rotatable bonds is 4. The van der Waals surface area contributed by atoms with Crippen LogP contribution in [0.25, 0.3) is 5.69 Å². The molecule has 0 spiro atoms. The largest absolute Gasteiger partial charge is 0.497 e. The second-order valence-corrected chi connectivity index (χ2v) is 4.42. The average Bonchev–Trinajstić information content (AvgIpc) is 2.77. The fraction of sp³-hybridized carbons (Fsp3) is 0.250. The van der Waals surface area contributed by atoms with E-state index in [1.807, 2.05) is 35.9 Å². The molecule has 0 aliphatic rings. The Morgan fingerprint density at radius 2 is 2.24 bits per heavy atom. The first-order valence-corrected chi connectivity index (χ1v) is 6.16. The van der Waals surface area contributed by atoms with Crippen molar-refractivity contribution in [3.05, 3.63) is 35.1 Å². The lowest BCUT2D eigenvalue weighted by molar-refractivity contribution is 0.414. The van der Waals surface area contributed by atoms with E-state index in [1.165, 1.54) is 0 Å². The van der Waals surface area contributed by atoms with Gasteiger partial charge in [-0.15, -0.1) is 0 Å². The van der Waals surface area contributed by atoms with E-state index in [4.69, 9.17) is 4.74 Å². The van der Waals surface area contributed by atoms with Crippen LogP contribution < -0.4 is 10.1 Å². The van der Waals surface area contributed by atoms with Crippen LogP contribution in [0.15, 0.2) is 35.1 Å². The van der Waals surface area contributed by atoms with Gasteiger partial charge in [-0.1, -0.05) is 15.9 Å². The van der Waals surface area contributed by atoms with Crippen LogP contribution in [0.2, 0.25) is 0 Å². The van der Waals surface area contributed by atoms with Crippen LogP contribution in [-0.4, -0.2) is 23.2 Å². The van der Waals surface area contributed by atoms with Gasteiger partial charge in [-0.2, -0.15) is 0 Å². The van der Waals surface area contributed by atoms with E-state index in [0.29, 0.717) is 0 Å². The molecular weight excluding hydrogens is 282 g/mol. The number of hydrogen-bond acceptors (Lipinski definition) is 3. The molecule has 0 saturated carbocycles. The van der Waals surface area contributed by atoms with Crippen molar-refractivity contribution >= 4 is 21.9 Å². The number of halogens is 1. The van der Waals surface area contributed by atoms with E-state index in [-0.39, 0.29) is 0 Å². The van der Waals surface area contributed by atoms with Crippen molar-refractivity contribution in [2.24, 2.45) is 0 Å². The average molecular weight is 296 g/mol. The van der Waals surface area contributed by atoms with Gasteiger partial charge in [-0.05, 0) is 19.1 Å². The van der Waals surface area contributed by atoms with Gasteiger partial charge in [-0.25, -0.2) is 4.98 Å². The van der Waals surface area contributed by atoms with Crippen molar-refractivity contribution in [3.63, 3.8) is 0 Å². The summed E-state index contributed by atoms with van der Waals surface area (Å²) in [7, 11) is 1.66. The Kier molecular flexibility index (Phi) is 3.68. The lowest BCUT2D eigenvalue weighted by Crippen LogP contribution is -2.05. The van der Waals surface area contributed by atoms with Gasteiger partial charge in [0.1, 0.15) is 5.75 Å². The first-order chi connectivity index (χ1) is 8.24. The number of hydrogen-bond donors (Lipinski definition) is 1. The molecule has 2 aromatic rings. The standard InChI is InChI=1S/C12H14BrN3O/c1-3-14-12-15-4-5-16(12)10-6-9(13)7-11(8-10)17-2/h4-8H,3H2,1-2H3,(H,14,15). The molecule has 1 aromatic carbocycles. The first kappa shape index (κ1) is 12.0. The van der Waals surface area contributed by atoms with E-state index in [2.05, 4.69) is 26.2 Å². The van der Waals surface area contributed by atoms with Gasteiger partial charge in [-0.3, -0.25) is 4.57 Å². The van der Waals surface area contributed by atoms with Crippen molar-refractivity contribution in [1.82, 2.24) is 9.55 Å². The van der Waals surface area contributed by atoms with Gasteiger partial charge in [0.2, 0.25) is 5.95 Å². The van der Waals surface area contributed by atoms with Gasteiger partial charge in [0.05, 0.1) is 12.8 Å². The molecule has 0 atom stereocenters. The van der Waals surface area contributed by atoms with Gasteiger partial charge in [0, 0.05) is 29.5 Å². The third-order valence-corrected chi connectivity index (χ3v) is 2.80. The number of anilines is 1. The summed E-state index contributed by atoms with van der Waals surface area (Å²) >= 11 is 3.47. The van der Waals surface area contributed by atoms with Crippen LogP contribution in [0.5, 0.6) is 5.75 Å². The van der Waals surface area contributed by atoms with E-state index >= 15 is 0 Å². The zero-order chi connectivity index (χ0) is 12.3. The normalized spacial score (nSPS) is 10.3. The lowest BCUT2D eigenvalue weighted by atomic mass is 10.3. The SMILES string of the molecule is CCNc1nccn1-c1cc(Br)cc(OC)c1. The highest BCUT2D eigenvalue weighted by molar-refractivity contribution is 9.10. The summed E-state index contributed by atoms with van der Waals surface area (Å²) in [5, 5.41) is 3.21. The summed E-state index contributed by atoms with van der Waals surface area (Å²) in [5.74, 6) is 1.64. The molecule has 4 nitrogen and oxygen atoms in total. The second kappa shape index (κ2) is 5.23. The Morgan fingerprint density at radius 3 is 2.94 bits per heavy atom. The number of benzene rings is 1. The van der Waals surface area contributed by atoms with Crippen LogP contribution in [0.4, 0.5) is 5.95 Å². The maximum absolute atomic E-state index is 5.25. The molecule has 1 heterocycles. The van der Waals surface area contributed by atoms with Gasteiger partial charge in [0.25, 0.3) is 0 Å². The molecule has 1 aromatic heterocycles. The third kappa shape index (κ3) is 2.61. The van der Waals surface area contributed by atoms with E-state index in [9.17, 15) is 0 Å². The summed E-state index contributed by atoms with van der Waals surface area (Å²) in [4.78, 5) is 4.26. The number of imidazole rings is 1. The molecule has 90 valence electrons. The van der Waals surface area contributed by atoms with Crippen molar-refractivity contribution in [2.45, 2.75) is 6.92 Å². The Morgan fingerprint density at radius 1 is 1.41 bits per heavy atom. The van der Waals surface area contributed by atoms with Gasteiger partial charge in [0.15, 0.2) is 0 Å². The van der Waals surface area contributed by atoms with Gasteiger partial charge >= 0.3 is 0 Å². The maximum Gasteiger partial charge on any atom is 0.207 e. The molecule has 1 N–H and O–H groups in total. The van der Waals surface area contributed by atoms with Crippen molar-refractivity contribution in [2.75, 3.05) is 19.0 Å². The van der Waals surface area contributed by atoms with Crippen molar-refractivity contribution < 1.29 is 4.74 Å². The van der Waals surface area contributed by atoms with Crippen LogP contribution in [0.3, 0.4) is 0 Å². The fourth-order valence-electron chi connectivity index (χ4n) is 1.61. The Bertz CT molecular complexity index is 510. The minimum absolute atomic E-state index is 0.811. The second-order valence-electron chi connectivity index (χ2n) is 3.50. The van der Waals surface area contributed by atoms with Crippen molar-refractivity contribution in [3.8, 4) is 11.4 Å². The molecule has 0 saturated heterocycles. The molecule has 0 unspecified atom stereocenters. The Hall–Kier alpha value is -1.49. The molecule has 0 bridgehead atoms. The molecule has 0 aliphatic heterocycles. The molecule has 0 fully saturated rings. The Balaban J connectivity index is 2.44. The van der Waals surface area contributed by atoms with E-state index in [1.54, 1.807) is 13.3 Å². The van der Waals surface area contributed by atoms with Crippen LogP contribution >= 0.6 is 15.9 Å². The van der Waals surface area contributed by atoms with Crippen LogP contribution in [-0.2, 0) is 0 Å². The minimum atomic E-state index is 0.811. The predicted octanol–water partition coefficient (Wildman–Crippen LogP) is 3.08. The fourth-order valence-corrected chi connectivity index (χ4v) is 2.07. The number of aromatic nitrogens is 2. The van der Waals surface area contributed by atoms with Crippen molar-refractivity contribution in [1.29, 1.82) is 0 Å². The molecule has 0 amide bonds. The number of methoxy groups -OCH3 is 1. The minimum Gasteiger partial charge on any atom is -0.497 e. The highest BCUT2D eigenvalue weighted by Crippen LogP contribution is 2.25. The maximum atomic E-state index is 5.25. The molecule has 2 rings (SSSR count).